The standard InChI is InChI=1S/C64H87N9O13S/c1-10-12-13-18-32-72(51(38(3)4)34-52(86-41(8)74)57-69-50(37-87-57)59(78)79)58(77)54(40(7)11-2)70-60(80)64(9)30-20-33-73(64)63(83)85-35-42-26-28-43(29-27-42)67-55(75)49(25-19-31-66-61(65)81)68-56(76)53(39(5)6)71-62(82)84-36-48-46-23-16-14-21-44(46)45-22-15-17-24-47(45)48/h14-17,21-24,26-29,37-40,48-49,51-54H,10-13,18-20,25,30-36H2,1-9H3,(H,67,75)(H,68,76)(H,70,80)(H,71,82)(H,78,79)(H3,65,66,81)/t40-,49?,51+,52+,53?,54-,64?/m0/s1. The number of carbonyl (C=O) groups is 9. The van der Waals surface area contributed by atoms with Gasteiger partial charge in [-0.2, -0.15) is 0 Å². The Balaban J connectivity index is 1.09. The minimum absolute atomic E-state index is 0.0360. The Kier molecular flexibility index (Phi) is 25.1. The van der Waals surface area contributed by atoms with Gasteiger partial charge in [-0.05, 0) is 96.7 Å². The first-order chi connectivity index (χ1) is 41.5. The van der Waals surface area contributed by atoms with E-state index in [1.807, 2.05) is 76.2 Å². The zero-order valence-electron chi connectivity index (χ0n) is 51.5. The number of carboxylic acid groups (broad SMARTS) is 1. The maximum atomic E-state index is 15.2. The number of esters is 1. The molecule has 87 heavy (non-hydrogen) atoms. The number of alkyl carbamates (subject to hydrolysis) is 1. The van der Waals surface area contributed by atoms with Crippen LogP contribution in [0.2, 0.25) is 0 Å². The molecule has 1 aromatic heterocycles. The lowest BCUT2D eigenvalue weighted by molar-refractivity contribution is -0.150. The van der Waals surface area contributed by atoms with E-state index in [1.54, 1.807) is 49.9 Å². The molecule has 7 atom stereocenters. The Morgan fingerprint density at radius 3 is 2.07 bits per heavy atom. The van der Waals surface area contributed by atoms with Crippen LogP contribution in [0.4, 0.5) is 20.1 Å². The number of amides is 8. The maximum absolute atomic E-state index is 15.2. The van der Waals surface area contributed by atoms with Crippen LogP contribution in [0, 0.1) is 17.8 Å². The van der Waals surface area contributed by atoms with Crippen LogP contribution in [0.25, 0.3) is 11.1 Å². The molecule has 2 aliphatic rings. The number of aromatic nitrogens is 1. The van der Waals surface area contributed by atoms with Crippen LogP contribution in [0.15, 0.2) is 78.2 Å². The number of unbranched alkanes of at least 4 members (excludes halogenated alkanes) is 3. The highest BCUT2D eigenvalue weighted by molar-refractivity contribution is 7.09. The number of likely N-dealkylation sites (tertiary alicyclic amines) is 1. The average Bonchev–Trinajstić information content (AvgIpc) is 1.76. The Bertz CT molecular complexity index is 3000. The van der Waals surface area contributed by atoms with E-state index in [0.717, 1.165) is 52.9 Å². The van der Waals surface area contributed by atoms with E-state index in [-0.39, 0.29) is 74.9 Å². The Morgan fingerprint density at radius 1 is 0.816 bits per heavy atom. The molecule has 3 unspecified atom stereocenters. The largest absolute Gasteiger partial charge is 0.476 e. The number of hydrogen-bond donors (Lipinski definition) is 7. The third kappa shape index (κ3) is 18.2. The summed E-state index contributed by atoms with van der Waals surface area (Å²) in [6.07, 6.45) is 2.74. The number of carbonyl (C=O) groups excluding carboxylic acids is 8. The maximum Gasteiger partial charge on any atom is 0.410 e. The number of fused-ring (bicyclic) bond motifs is 3. The van der Waals surface area contributed by atoms with Crippen molar-refractivity contribution in [1.29, 1.82) is 0 Å². The minimum Gasteiger partial charge on any atom is -0.476 e. The SMILES string of the molecule is CCCCCCN(C(=O)[C@@H](NC(=O)C1(C)CCCN1C(=O)OCc1ccc(NC(=O)C(CCCNC(N)=O)NC(=O)C(NC(=O)OCC2c3ccccc3-c3ccccc32)C(C)C)cc1)[C@@H](C)CC)[C@H](C[C@@H](OC(C)=O)c1nc(C(=O)O)cs1)C(C)C. The van der Waals surface area contributed by atoms with Gasteiger partial charge in [0.1, 0.15) is 41.9 Å². The molecule has 8 N–H and O–H groups in total. The third-order valence-electron chi connectivity index (χ3n) is 16.4. The second-order valence-corrected chi connectivity index (χ2v) is 24.3. The zero-order valence-corrected chi connectivity index (χ0v) is 52.3. The number of nitrogens with two attached hydrogens (primary N) is 1. The fourth-order valence-electron chi connectivity index (χ4n) is 11.2. The van der Waals surface area contributed by atoms with Crippen molar-refractivity contribution in [2.75, 3.05) is 31.6 Å². The summed E-state index contributed by atoms with van der Waals surface area (Å²) in [4.78, 5) is 128. The molecule has 1 aliphatic carbocycles. The van der Waals surface area contributed by atoms with Crippen LogP contribution in [0.5, 0.6) is 0 Å². The van der Waals surface area contributed by atoms with Gasteiger partial charge >= 0.3 is 30.2 Å². The summed E-state index contributed by atoms with van der Waals surface area (Å²) < 4.78 is 17.3. The van der Waals surface area contributed by atoms with Gasteiger partial charge in [0.25, 0.3) is 0 Å². The van der Waals surface area contributed by atoms with Gasteiger partial charge in [-0.1, -0.05) is 135 Å². The fourth-order valence-corrected chi connectivity index (χ4v) is 12.0. The van der Waals surface area contributed by atoms with Crippen LogP contribution in [-0.2, 0) is 44.8 Å². The summed E-state index contributed by atoms with van der Waals surface area (Å²) in [6.45, 7) is 16.8. The number of primary amides is 1. The van der Waals surface area contributed by atoms with E-state index in [9.17, 15) is 43.5 Å². The molecular weight excluding hydrogens is 1130 g/mol. The normalized spacial score (nSPS) is 16.5. The molecular formula is C64H87N9O13S. The van der Waals surface area contributed by atoms with Gasteiger partial charge < -0.3 is 56.5 Å². The quantitative estimate of drug-likeness (QED) is 0.0140. The molecule has 4 aromatic rings. The van der Waals surface area contributed by atoms with Crippen molar-refractivity contribution in [1.82, 2.24) is 36.1 Å². The topological polar surface area (TPSA) is 307 Å². The number of urea groups is 1. The number of thiazole rings is 1. The highest BCUT2D eigenvalue weighted by Crippen LogP contribution is 2.44. The molecule has 22 nitrogen and oxygen atoms in total. The van der Waals surface area contributed by atoms with Gasteiger partial charge in [-0.25, -0.2) is 24.2 Å². The van der Waals surface area contributed by atoms with E-state index >= 15 is 4.79 Å². The molecule has 472 valence electrons. The first kappa shape index (κ1) is 68.0. The number of nitrogens with one attached hydrogen (secondary N) is 5. The minimum atomic E-state index is -1.39. The first-order valence-corrected chi connectivity index (χ1v) is 31.1. The first-order valence-electron chi connectivity index (χ1n) is 30.2. The van der Waals surface area contributed by atoms with E-state index in [4.69, 9.17) is 19.9 Å². The lowest BCUT2D eigenvalue weighted by Gasteiger charge is -2.40. The van der Waals surface area contributed by atoms with Gasteiger partial charge in [0.05, 0.1) is 0 Å². The van der Waals surface area contributed by atoms with E-state index < -0.39 is 89.6 Å². The number of benzene rings is 3. The van der Waals surface area contributed by atoms with E-state index in [0.29, 0.717) is 48.5 Å². The number of nitrogens with zero attached hydrogens (tertiary/aromatic N) is 3. The number of anilines is 1. The molecule has 0 saturated carbocycles. The molecule has 23 heteroatoms. The van der Waals surface area contributed by atoms with Crippen molar-refractivity contribution in [3.8, 4) is 11.1 Å². The molecule has 1 fully saturated rings. The average molecular weight is 1220 g/mol. The predicted molar refractivity (Wildman–Crippen MR) is 329 cm³/mol. The summed E-state index contributed by atoms with van der Waals surface area (Å²) >= 11 is 1.06. The number of ether oxygens (including phenoxy) is 3. The summed E-state index contributed by atoms with van der Waals surface area (Å²) in [5, 5.41) is 25.2. The molecule has 2 heterocycles. The van der Waals surface area contributed by atoms with Crippen molar-refractivity contribution in [2.45, 2.75) is 175 Å². The number of hydrogen-bond acceptors (Lipinski definition) is 14. The van der Waals surface area contributed by atoms with Gasteiger partial charge in [-0.3, -0.25) is 28.9 Å². The van der Waals surface area contributed by atoms with Gasteiger partial charge in [0, 0.05) is 56.0 Å². The van der Waals surface area contributed by atoms with Crippen molar-refractivity contribution in [3.63, 3.8) is 0 Å². The Hall–Kier alpha value is -8.08. The monoisotopic (exact) mass is 1220 g/mol. The smallest absolute Gasteiger partial charge is 0.410 e. The lowest BCUT2D eigenvalue weighted by Crippen LogP contribution is -2.62. The second-order valence-electron chi connectivity index (χ2n) is 23.4. The molecule has 6 rings (SSSR count). The van der Waals surface area contributed by atoms with Crippen molar-refractivity contribution < 1.29 is 62.5 Å². The summed E-state index contributed by atoms with van der Waals surface area (Å²) in [6, 6.07) is 17.9. The second kappa shape index (κ2) is 32.1. The molecule has 0 spiro atoms. The predicted octanol–water partition coefficient (Wildman–Crippen LogP) is 9.43. The van der Waals surface area contributed by atoms with Crippen LogP contribution >= 0.6 is 11.3 Å². The van der Waals surface area contributed by atoms with Gasteiger partial charge in [-0.15, -0.1) is 11.3 Å². The van der Waals surface area contributed by atoms with Gasteiger partial charge in [0.2, 0.25) is 23.6 Å². The van der Waals surface area contributed by atoms with Crippen molar-refractivity contribution in [3.05, 3.63) is 106 Å². The van der Waals surface area contributed by atoms with E-state index in [2.05, 4.69) is 38.5 Å². The van der Waals surface area contributed by atoms with Crippen LogP contribution < -0.4 is 32.3 Å². The van der Waals surface area contributed by atoms with Gasteiger partial charge in [0.15, 0.2) is 11.8 Å². The van der Waals surface area contributed by atoms with Crippen molar-refractivity contribution in [2.24, 2.45) is 23.5 Å². The van der Waals surface area contributed by atoms with Crippen LogP contribution in [0.1, 0.15) is 171 Å². The van der Waals surface area contributed by atoms with Crippen LogP contribution in [0.3, 0.4) is 0 Å². The number of carboxylic acids is 1. The number of rotatable bonds is 31. The van der Waals surface area contributed by atoms with E-state index in [1.165, 1.54) is 17.2 Å². The summed E-state index contributed by atoms with van der Waals surface area (Å²) in [5.74, 6) is -4.98. The third-order valence-corrected chi connectivity index (χ3v) is 17.3. The lowest BCUT2D eigenvalue weighted by atomic mass is 9.91. The highest BCUT2D eigenvalue weighted by Gasteiger charge is 2.49. The number of aromatic carboxylic acids is 1. The summed E-state index contributed by atoms with van der Waals surface area (Å²) in [5.41, 5.74) is 8.82. The van der Waals surface area contributed by atoms with Crippen molar-refractivity contribution >= 4 is 70.8 Å². The fraction of sp³-hybridized carbons (Fsp3) is 0.531. The molecule has 0 radical (unpaired) electrons. The Labute approximate surface area is 513 Å². The molecule has 0 bridgehead atoms. The molecule has 8 amide bonds. The Morgan fingerprint density at radius 2 is 1.48 bits per heavy atom. The molecule has 1 saturated heterocycles. The van der Waals surface area contributed by atoms with Crippen LogP contribution in [-0.4, -0.2) is 130 Å². The zero-order chi connectivity index (χ0) is 63.5. The summed E-state index contributed by atoms with van der Waals surface area (Å²) in [7, 11) is 0. The highest BCUT2D eigenvalue weighted by atomic mass is 32.1. The molecule has 3 aromatic carbocycles. The molecule has 1 aliphatic heterocycles.